The molecule has 1 aromatic carbocycles. The van der Waals surface area contributed by atoms with Crippen molar-refractivity contribution in [2.24, 2.45) is 0 Å². The molecule has 0 aliphatic heterocycles. The number of aryl methyl sites for hydroxylation is 1. The highest BCUT2D eigenvalue weighted by Gasteiger charge is 2.05. The van der Waals surface area contributed by atoms with Crippen molar-refractivity contribution in [2.45, 2.75) is 20.3 Å². The van der Waals surface area contributed by atoms with Gasteiger partial charge in [0.15, 0.2) is 0 Å². The predicted octanol–water partition coefficient (Wildman–Crippen LogP) is 3.00. The van der Waals surface area contributed by atoms with Crippen molar-refractivity contribution in [3.8, 4) is 11.7 Å². The molecule has 0 amide bonds. The third kappa shape index (κ3) is 3.26. The number of para-hydroxylation sites is 1. The Bertz CT molecular complexity index is 493. The third-order valence-corrected chi connectivity index (χ3v) is 2.49. The fourth-order valence-electron chi connectivity index (χ4n) is 1.58. The number of hydrogen-bond acceptors (Lipinski definition) is 4. The highest BCUT2D eigenvalue weighted by molar-refractivity contribution is 5.31. The van der Waals surface area contributed by atoms with Crippen molar-refractivity contribution in [2.75, 3.05) is 13.2 Å². The van der Waals surface area contributed by atoms with Gasteiger partial charge in [0.1, 0.15) is 11.9 Å². The Balaban J connectivity index is 1.83. The molecule has 18 heavy (non-hydrogen) atoms. The molecule has 4 heteroatoms. The van der Waals surface area contributed by atoms with Crippen LogP contribution in [-0.2, 0) is 6.42 Å². The molecular weight excluding hydrogens is 230 g/mol. The largest absolute Gasteiger partial charge is 0.493 e. The van der Waals surface area contributed by atoms with Gasteiger partial charge in [-0.2, -0.15) is 0 Å². The normalized spacial score (nSPS) is 10.3. The first-order chi connectivity index (χ1) is 8.79. The highest BCUT2D eigenvalue weighted by Crippen LogP contribution is 2.17. The topological polar surface area (TPSA) is 44.5 Å². The first-order valence-corrected chi connectivity index (χ1v) is 6.05. The van der Waals surface area contributed by atoms with Crippen LogP contribution in [0, 0.1) is 6.92 Å². The van der Waals surface area contributed by atoms with Gasteiger partial charge in [0.05, 0.1) is 19.6 Å². The van der Waals surface area contributed by atoms with Gasteiger partial charge in [-0.15, -0.1) is 0 Å². The summed E-state index contributed by atoms with van der Waals surface area (Å²) in [6.45, 7) is 5.04. The Hall–Kier alpha value is -1.97. The maximum atomic E-state index is 5.67. The Morgan fingerprint density at radius 2 is 2.06 bits per heavy atom. The van der Waals surface area contributed by atoms with Crippen LogP contribution in [-0.4, -0.2) is 18.2 Å². The van der Waals surface area contributed by atoms with E-state index >= 15 is 0 Å². The van der Waals surface area contributed by atoms with Gasteiger partial charge in [0.25, 0.3) is 0 Å². The molecule has 2 aromatic rings. The number of oxazole rings is 1. The molecule has 0 radical (unpaired) electrons. The summed E-state index contributed by atoms with van der Waals surface area (Å²) < 4.78 is 16.2. The number of hydrogen-bond donors (Lipinski definition) is 0. The zero-order chi connectivity index (χ0) is 12.8. The molecule has 0 spiro atoms. The van der Waals surface area contributed by atoms with Gasteiger partial charge in [-0.05, 0) is 25.5 Å². The van der Waals surface area contributed by atoms with E-state index in [0.29, 0.717) is 31.5 Å². The van der Waals surface area contributed by atoms with Gasteiger partial charge in [0, 0.05) is 0 Å². The van der Waals surface area contributed by atoms with Gasteiger partial charge in [-0.25, -0.2) is 4.98 Å². The zero-order valence-corrected chi connectivity index (χ0v) is 10.7. The average molecular weight is 247 g/mol. The fourth-order valence-corrected chi connectivity index (χ4v) is 1.58. The zero-order valence-electron chi connectivity index (χ0n) is 10.7. The van der Waals surface area contributed by atoms with Gasteiger partial charge in [0.2, 0.25) is 5.89 Å². The van der Waals surface area contributed by atoms with Crippen molar-refractivity contribution >= 4 is 0 Å². The quantitative estimate of drug-likeness (QED) is 0.787. The van der Waals surface area contributed by atoms with E-state index in [1.54, 1.807) is 6.20 Å². The lowest BCUT2D eigenvalue weighted by Gasteiger charge is -2.07. The second-order valence-corrected chi connectivity index (χ2v) is 3.87. The van der Waals surface area contributed by atoms with Gasteiger partial charge >= 0.3 is 5.95 Å². The highest BCUT2D eigenvalue weighted by atomic mass is 16.6. The van der Waals surface area contributed by atoms with Crippen LogP contribution in [0.3, 0.4) is 0 Å². The lowest BCUT2D eigenvalue weighted by Crippen LogP contribution is -2.02. The third-order valence-electron chi connectivity index (χ3n) is 2.49. The van der Waals surface area contributed by atoms with Crippen LogP contribution in [0.15, 0.2) is 34.9 Å². The van der Waals surface area contributed by atoms with E-state index in [-0.39, 0.29) is 0 Å². The monoisotopic (exact) mass is 247 g/mol. The lowest BCUT2D eigenvalue weighted by molar-refractivity contribution is 0.242. The van der Waals surface area contributed by atoms with Crippen LogP contribution in [0.1, 0.15) is 18.4 Å². The maximum absolute atomic E-state index is 5.67. The van der Waals surface area contributed by atoms with E-state index in [9.17, 15) is 0 Å². The standard InChI is InChI=1S/C14H17NO3/c1-3-16-14-10-15-13(18-14)8-9-17-12-7-5-4-6-11(12)2/h4-7,10H,3,8-9H2,1-2H3. The minimum Gasteiger partial charge on any atom is -0.493 e. The molecule has 0 saturated heterocycles. The molecule has 0 saturated carbocycles. The fraction of sp³-hybridized carbons (Fsp3) is 0.357. The molecule has 0 aliphatic carbocycles. The second kappa shape index (κ2) is 6.10. The molecule has 0 aliphatic rings. The smallest absolute Gasteiger partial charge is 0.305 e. The Labute approximate surface area is 107 Å². The van der Waals surface area contributed by atoms with Crippen LogP contribution >= 0.6 is 0 Å². The summed E-state index contributed by atoms with van der Waals surface area (Å²) in [6.07, 6.45) is 2.22. The minimum atomic E-state index is 0.461. The van der Waals surface area contributed by atoms with Crippen LogP contribution < -0.4 is 9.47 Å². The molecular formula is C14H17NO3. The van der Waals surface area contributed by atoms with Crippen molar-refractivity contribution in [1.82, 2.24) is 4.98 Å². The van der Waals surface area contributed by atoms with E-state index in [0.717, 1.165) is 11.3 Å². The van der Waals surface area contributed by atoms with E-state index in [2.05, 4.69) is 4.98 Å². The van der Waals surface area contributed by atoms with E-state index in [1.807, 2.05) is 38.1 Å². The molecule has 1 aromatic heterocycles. The predicted molar refractivity (Wildman–Crippen MR) is 68.1 cm³/mol. The number of nitrogens with zero attached hydrogens (tertiary/aromatic N) is 1. The average Bonchev–Trinajstić information content (AvgIpc) is 2.80. The Morgan fingerprint density at radius 3 is 2.83 bits per heavy atom. The number of ether oxygens (including phenoxy) is 2. The van der Waals surface area contributed by atoms with Crippen molar-refractivity contribution in [3.05, 3.63) is 41.9 Å². The molecule has 2 rings (SSSR count). The first kappa shape index (κ1) is 12.5. The van der Waals surface area contributed by atoms with Crippen molar-refractivity contribution in [3.63, 3.8) is 0 Å². The SMILES string of the molecule is CCOc1cnc(CCOc2ccccc2C)o1. The lowest BCUT2D eigenvalue weighted by atomic mass is 10.2. The molecule has 4 nitrogen and oxygen atoms in total. The Morgan fingerprint density at radius 1 is 1.22 bits per heavy atom. The van der Waals surface area contributed by atoms with Crippen molar-refractivity contribution < 1.29 is 13.9 Å². The van der Waals surface area contributed by atoms with Crippen LogP contribution in [0.4, 0.5) is 0 Å². The summed E-state index contributed by atoms with van der Waals surface area (Å²) in [7, 11) is 0. The van der Waals surface area contributed by atoms with E-state index < -0.39 is 0 Å². The van der Waals surface area contributed by atoms with Gasteiger partial charge < -0.3 is 13.9 Å². The number of rotatable bonds is 6. The summed E-state index contributed by atoms with van der Waals surface area (Å²) in [5.41, 5.74) is 1.12. The minimum absolute atomic E-state index is 0.461. The summed E-state index contributed by atoms with van der Waals surface area (Å²) in [4.78, 5) is 4.12. The van der Waals surface area contributed by atoms with E-state index in [4.69, 9.17) is 13.9 Å². The summed E-state index contributed by atoms with van der Waals surface area (Å²) >= 11 is 0. The molecule has 96 valence electrons. The molecule has 0 N–H and O–H groups in total. The summed E-state index contributed by atoms with van der Waals surface area (Å²) in [5, 5.41) is 0. The summed E-state index contributed by atoms with van der Waals surface area (Å²) in [5.74, 6) is 1.99. The molecule has 0 fully saturated rings. The molecule has 0 atom stereocenters. The molecule has 0 unspecified atom stereocenters. The van der Waals surface area contributed by atoms with Gasteiger partial charge in [-0.1, -0.05) is 18.2 Å². The van der Waals surface area contributed by atoms with Crippen LogP contribution in [0.2, 0.25) is 0 Å². The van der Waals surface area contributed by atoms with Gasteiger partial charge in [-0.3, -0.25) is 0 Å². The van der Waals surface area contributed by atoms with Crippen LogP contribution in [0.5, 0.6) is 11.7 Å². The van der Waals surface area contributed by atoms with E-state index in [1.165, 1.54) is 0 Å². The second-order valence-electron chi connectivity index (χ2n) is 3.87. The maximum Gasteiger partial charge on any atom is 0.305 e. The molecule has 1 heterocycles. The number of aromatic nitrogens is 1. The molecule has 0 bridgehead atoms. The first-order valence-electron chi connectivity index (χ1n) is 6.05. The Kier molecular flexibility index (Phi) is 4.23. The number of benzene rings is 1. The summed E-state index contributed by atoms with van der Waals surface area (Å²) in [6, 6.07) is 7.93. The van der Waals surface area contributed by atoms with Crippen LogP contribution in [0.25, 0.3) is 0 Å². The van der Waals surface area contributed by atoms with Crippen molar-refractivity contribution in [1.29, 1.82) is 0 Å².